The molecule has 0 bridgehead atoms. The fourth-order valence-corrected chi connectivity index (χ4v) is 3.32. The van der Waals surface area contributed by atoms with E-state index >= 15 is 0 Å². The number of imidazole rings is 1. The molecular formula is C13H15Cl3N2O2S. The monoisotopic (exact) mass is 368 g/mol. The van der Waals surface area contributed by atoms with Crippen molar-refractivity contribution >= 4 is 55.7 Å². The maximum atomic E-state index is 11.2. The molecule has 0 unspecified atom stereocenters. The highest BCUT2D eigenvalue weighted by molar-refractivity contribution is 7.90. The number of fused-ring (bicyclic) bond motifs is 1. The van der Waals surface area contributed by atoms with Crippen LogP contribution in [0.15, 0.2) is 12.1 Å². The van der Waals surface area contributed by atoms with Crippen LogP contribution in [0.5, 0.6) is 0 Å². The molecule has 1 aromatic heterocycles. The molecule has 0 N–H and O–H groups in total. The average molecular weight is 370 g/mol. The minimum absolute atomic E-state index is 0.133. The maximum absolute atomic E-state index is 11.2. The molecule has 1 heterocycles. The lowest BCUT2D eigenvalue weighted by Gasteiger charge is -2.08. The number of benzene rings is 1. The van der Waals surface area contributed by atoms with Gasteiger partial charge in [0, 0.05) is 25.1 Å². The third kappa shape index (κ3) is 4.25. The van der Waals surface area contributed by atoms with Crippen molar-refractivity contribution in [1.82, 2.24) is 9.55 Å². The molecule has 0 fully saturated rings. The molecule has 0 atom stereocenters. The summed E-state index contributed by atoms with van der Waals surface area (Å²) in [6.07, 6.45) is 2.35. The van der Waals surface area contributed by atoms with Gasteiger partial charge in [-0.3, -0.25) is 0 Å². The van der Waals surface area contributed by atoms with Crippen LogP contribution in [0.25, 0.3) is 11.0 Å². The Labute approximate surface area is 138 Å². The molecule has 0 spiro atoms. The second-order valence-corrected chi connectivity index (χ2v) is 8.31. The van der Waals surface area contributed by atoms with Crippen molar-refractivity contribution in [2.45, 2.75) is 19.4 Å². The molecule has 0 radical (unpaired) electrons. The SMILES string of the molecule is CS(=O)(=O)CCCn1c(CCCl)nc2cc(Cl)c(Cl)cc21. The van der Waals surface area contributed by atoms with E-state index in [9.17, 15) is 8.42 Å². The summed E-state index contributed by atoms with van der Waals surface area (Å²) in [6, 6.07) is 3.47. The number of rotatable bonds is 6. The largest absolute Gasteiger partial charge is 0.328 e. The van der Waals surface area contributed by atoms with Crippen molar-refractivity contribution in [2.24, 2.45) is 0 Å². The third-order valence-corrected chi connectivity index (χ3v) is 5.03. The standard InChI is InChI=1S/C13H15Cl3N2O2S/c1-21(19,20)6-2-5-18-12-8-10(16)9(15)7-11(12)17-13(18)3-4-14/h7-8H,2-6H2,1H3. The predicted molar refractivity (Wildman–Crippen MR) is 88.5 cm³/mol. The second-order valence-electron chi connectivity index (χ2n) is 4.86. The Bertz CT molecular complexity index is 756. The Morgan fingerprint density at radius 2 is 1.90 bits per heavy atom. The highest BCUT2D eigenvalue weighted by Crippen LogP contribution is 2.28. The minimum Gasteiger partial charge on any atom is -0.328 e. The molecule has 0 saturated heterocycles. The molecule has 0 aliphatic rings. The zero-order valence-corrected chi connectivity index (χ0v) is 14.5. The molecule has 2 rings (SSSR count). The van der Waals surface area contributed by atoms with Gasteiger partial charge in [0.15, 0.2) is 0 Å². The predicted octanol–water partition coefficient (Wildman–Crippen LogP) is 3.56. The van der Waals surface area contributed by atoms with Gasteiger partial charge in [-0.2, -0.15) is 0 Å². The van der Waals surface area contributed by atoms with Crippen LogP contribution >= 0.6 is 34.8 Å². The fraction of sp³-hybridized carbons (Fsp3) is 0.462. The number of halogens is 3. The van der Waals surface area contributed by atoms with E-state index in [2.05, 4.69) is 4.98 Å². The molecule has 0 amide bonds. The minimum atomic E-state index is -2.98. The van der Waals surface area contributed by atoms with Crippen molar-refractivity contribution in [3.63, 3.8) is 0 Å². The Kier molecular flexibility index (Phi) is 5.41. The molecular weight excluding hydrogens is 355 g/mol. The van der Waals surface area contributed by atoms with Gasteiger partial charge in [-0.25, -0.2) is 13.4 Å². The lowest BCUT2D eigenvalue weighted by molar-refractivity contribution is 0.590. The first-order valence-electron chi connectivity index (χ1n) is 6.39. The van der Waals surface area contributed by atoms with Crippen LogP contribution in [0, 0.1) is 0 Å². The molecule has 4 nitrogen and oxygen atoms in total. The van der Waals surface area contributed by atoms with E-state index in [4.69, 9.17) is 34.8 Å². The maximum Gasteiger partial charge on any atom is 0.147 e. The van der Waals surface area contributed by atoms with Gasteiger partial charge in [-0.15, -0.1) is 11.6 Å². The summed E-state index contributed by atoms with van der Waals surface area (Å²) in [5.74, 6) is 1.39. The molecule has 0 aliphatic carbocycles. The van der Waals surface area contributed by atoms with E-state index in [-0.39, 0.29) is 5.75 Å². The number of hydrogen-bond donors (Lipinski definition) is 0. The Balaban J connectivity index is 2.38. The van der Waals surface area contributed by atoms with Crippen molar-refractivity contribution < 1.29 is 8.42 Å². The summed E-state index contributed by atoms with van der Waals surface area (Å²) in [4.78, 5) is 4.51. The summed E-state index contributed by atoms with van der Waals surface area (Å²) in [5, 5.41) is 0.897. The van der Waals surface area contributed by atoms with Crippen LogP contribution in [-0.2, 0) is 22.8 Å². The van der Waals surface area contributed by atoms with Gasteiger partial charge in [0.1, 0.15) is 15.7 Å². The Hall–Kier alpha value is -0.490. The number of sulfone groups is 1. The van der Waals surface area contributed by atoms with Gasteiger partial charge >= 0.3 is 0 Å². The van der Waals surface area contributed by atoms with Gasteiger partial charge in [-0.05, 0) is 18.6 Å². The molecule has 1 aromatic carbocycles. The van der Waals surface area contributed by atoms with E-state index < -0.39 is 9.84 Å². The Morgan fingerprint density at radius 1 is 1.24 bits per heavy atom. The summed E-state index contributed by atoms with van der Waals surface area (Å²) in [5.41, 5.74) is 1.59. The summed E-state index contributed by atoms with van der Waals surface area (Å²) < 4.78 is 24.5. The number of hydrogen-bond acceptors (Lipinski definition) is 3. The molecule has 2 aromatic rings. The van der Waals surface area contributed by atoms with E-state index in [0.717, 1.165) is 16.9 Å². The first-order chi connectivity index (χ1) is 9.81. The topological polar surface area (TPSA) is 52.0 Å². The van der Waals surface area contributed by atoms with Gasteiger partial charge in [-0.1, -0.05) is 23.2 Å². The van der Waals surface area contributed by atoms with E-state index in [1.165, 1.54) is 6.26 Å². The normalized spacial score (nSPS) is 12.2. The molecule has 0 saturated carbocycles. The van der Waals surface area contributed by atoms with Gasteiger partial charge in [0.25, 0.3) is 0 Å². The van der Waals surface area contributed by atoms with Crippen LogP contribution in [0.3, 0.4) is 0 Å². The lowest BCUT2D eigenvalue weighted by Crippen LogP contribution is -2.10. The smallest absolute Gasteiger partial charge is 0.147 e. The van der Waals surface area contributed by atoms with Crippen LogP contribution in [0.1, 0.15) is 12.2 Å². The quantitative estimate of drug-likeness (QED) is 0.732. The van der Waals surface area contributed by atoms with Gasteiger partial charge < -0.3 is 4.57 Å². The van der Waals surface area contributed by atoms with Crippen molar-refractivity contribution in [2.75, 3.05) is 17.9 Å². The van der Waals surface area contributed by atoms with Crippen LogP contribution in [-0.4, -0.2) is 35.9 Å². The number of alkyl halides is 1. The Morgan fingerprint density at radius 3 is 2.52 bits per heavy atom. The van der Waals surface area contributed by atoms with E-state index in [1.54, 1.807) is 12.1 Å². The van der Waals surface area contributed by atoms with Crippen LogP contribution in [0.4, 0.5) is 0 Å². The average Bonchev–Trinajstić information content (AvgIpc) is 2.67. The zero-order valence-electron chi connectivity index (χ0n) is 11.4. The summed E-state index contributed by atoms with van der Waals surface area (Å²) in [6.45, 7) is 0.549. The zero-order chi connectivity index (χ0) is 15.6. The second kappa shape index (κ2) is 6.73. The van der Waals surface area contributed by atoms with E-state index in [1.807, 2.05) is 4.57 Å². The number of aromatic nitrogens is 2. The van der Waals surface area contributed by atoms with Crippen molar-refractivity contribution in [3.05, 3.63) is 28.0 Å². The third-order valence-electron chi connectivity index (χ3n) is 3.08. The van der Waals surface area contributed by atoms with Crippen molar-refractivity contribution in [1.29, 1.82) is 0 Å². The fourth-order valence-electron chi connectivity index (χ4n) is 2.18. The molecule has 116 valence electrons. The van der Waals surface area contributed by atoms with Crippen LogP contribution in [0.2, 0.25) is 10.0 Å². The van der Waals surface area contributed by atoms with Gasteiger partial charge in [0.05, 0.1) is 26.8 Å². The molecule has 21 heavy (non-hydrogen) atoms. The summed E-state index contributed by atoms with van der Waals surface area (Å²) >= 11 is 17.9. The highest BCUT2D eigenvalue weighted by atomic mass is 35.5. The number of aryl methyl sites for hydroxylation is 2. The highest BCUT2D eigenvalue weighted by Gasteiger charge is 2.13. The van der Waals surface area contributed by atoms with E-state index in [0.29, 0.717) is 35.3 Å². The molecule has 8 heteroatoms. The number of nitrogens with zero attached hydrogens (tertiary/aromatic N) is 2. The first kappa shape index (κ1) is 16.9. The lowest BCUT2D eigenvalue weighted by atomic mass is 10.3. The van der Waals surface area contributed by atoms with Gasteiger partial charge in [0.2, 0.25) is 0 Å². The molecule has 0 aliphatic heterocycles. The summed E-state index contributed by atoms with van der Waals surface area (Å²) in [7, 11) is -2.98. The van der Waals surface area contributed by atoms with Crippen molar-refractivity contribution in [3.8, 4) is 0 Å². The van der Waals surface area contributed by atoms with Crippen LogP contribution < -0.4 is 0 Å². The first-order valence-corrected chi connectivity index (χ1v) is 9.75.